The van der Waals surface area contributed by atoms with Gasteiger partial charge in [0.15, 0.2) is 0 Å². The van der Waals surface area contributed by atoms with Gasteiger partial charge < -0.3 is 5.11 Å². The first-order valence-electron chi connectivity index (χ1n) is 6.34. The van der Waals surface area contributed by atoms with E-state index in [1.54, 1.807) is 26.0 Å². The Morgan fingerprint density at radius 1 is 1.14 bits per heavy atom. The van der Waals surface area contributed by atoms with Crippen LogP contribution in [-0.2, 0) is 16.6 Å². The predicted molar refractivity (Wildman–Crippen MR) is 78.0 cm³/mol. The molecule has 0 spiro atoms. The van der Waals surface area contributed by atoms with E-state index in [0.29, 0.717) is 16.7 Å². The van der Waals surface area contributed by atoms with Crippen molar-refractivity contribution in [3.05, 3.63) is 58.9 Å². The van der Waals surface area contributed by atoms with Crippen LogP contribution in [0.1, 0.15) is 16.7 Å². The molecular weight excluding hydrogens is 293 g/mol. The molecular formula is C15H16FNO3S. The Balaban J connectivity index is 2.27. The largest absolute Gasteiger partial charge is 0.508 e. The monoisotopic (exact) mass is 309 g/mol. The van der Waals surface area contributed by atoms with E-state index in [1.165, 1.54) is 24.3 Å². The van der Waals surface area contributed by atoms with Crippen LogP contribution in [0.2, 0.25) is 0 Å². The number of phenols is 1. The van der Waals surface area contributed by atoms with Crippen LogP contribution in [0.4, 0.5) is 4.39 Å². The maximum absolute atomic E-state index is 13.2. The number of benzene rings is 2. The van der Waals surface area contributed by atoms with Gasteiger partial charge in [0, 0.05) is 6.54 Å². The summed E-state index contributed by atoms with van der Waals surface area (Å²) in [6.45, 7) is 3.16. The molecule has 2 aromatic carbocycles. The third kappa shape index (κ3) is 3.59. The lowest BCUT2D eigenvalue weighted by molar-refractivity contribution is 0.474. The maximum atomic E-state index is 13.2. The lowest BCUT2D eigenvalue weighted by Crippen LogP contribution is -2.25. The van der Waals surface area contributed by atoms with E-state index in [2.05, 4.69) is 4.72 Å². The fourth-order valence-electron chi connectivity index (χ4n) is 2.24. The molecule has 21 heavy (non-hydrogen) atoms. The van der Waals surface area contributed by atoms with Gasteiger partial charge in [0.2, 0.25) is 10.0 Å². The summed E-state index contributed by atoms with van der Waals surface area (Å²) in [4.78, 5) is 0.0871. The summed E-state index contributed by atoms with van der Waals surface area (Å²) < 4.78 is 40.4. The number of phenolic OH excluding ortho intramolecular Hbond substituents is 1. The highest BCUT2D eigenvalue weighted by atomic mass is 32.2. The highest BCUT2D eigenvalue weighted by molar-refractivity contribution is 7.89. The van der Waals surface area contributed by atoms with Gasteiger partial charge in [0.05, 0.1) is 4.90 Å². The number of halogens is 1. The molecule has 2 rings (SSSR count). The Bertz CT molecular complexity index is 749. The van der Waals surface area contributed by atoms with Crippen molar-refractivity contribution in [2.24, 2.45) is 0 Å². The van der Waals surface area contributed by atoms with Crippen LogP contribution in [0.15, 0.2) is 41.3 Å². The first-order valence-corrected chi connectivity index (χ1v) is 7.82. The van der Waals surface area contributed by atoms with Crippen molar-refractivity contribution in [2.45, 2.75) is 25.3 Å². The summed E-state index contributed by atoms with van der Waals surface area (Å²) in [6.07, 6.45) is 0. The van der Waals surface area contributed by atoms with E-state index in [9.17, 15) is 17.9 Å². The van der Waals surface area contributed by atoms with Gasteiger partial charge in [-0.3, -0.25) is 0 Å². The molecule has 0 heterocycles. The molecule has 0 fully saturated rings. The molecule has 0 unspecified atom stereocenters. The van der Waals surface area contributed by atoms with Crippen LogP contribution in [0.5, 0.6) is 5.75 Å². The average Bonchev–Trinajstić information content (AvgIpc) is 2.35. The summed E-state index contributed by atoms with van der Waals surface area (Å²) in [7, 11) is -3.75. The molecule has 0 radical (unpaired) electrons. The topological polar surface area (TPSA) is 66.4 Å². The maximum Gasteiger partial charge on any atom is 0.241 e. The Morgan fingerprint density at radius 2 is 1.76 bits per heavy atom. The molecule has 0 aliphatic carbocycles. The molecule has 6 heteroatoms. The van der Waals surface area contributed by atoms with E-state index >= 15 is 0 Å². The van der Waals surface area contributed by atoms with Crippen LogP contribution in [0, 0.1) is 19.7 Å². The lowest BCUT2D eigenvalue weighted by Gasteiger charge is -2.12. The number of aryl methyl sites for hydroxylation is 2. The van der Waals surface area contributed by atoms with Gasteiger partial charge >= 0.3 is 0 Å². The van der Waals surface area contributed by atoms with Crippen molar-refractivity contribution in [3.63, 3.8) is 0 Å². The molecule has 0 aromatic heterocycles. The van der Waals surface area contributed by atoms with Crippen molar-refractivity contribution in [2.75, 3.05) is 0 Å². The molecule has 0 amide bonds. The van der Waals surface area contributed by atoms with Crippen molar-refractivity contribution in [1.82, 2.24) is 4.72 Å². The average molecular weight is 309 g/mol. The smallest absolute Gasteiger partial charge is 0.241 e. The first-order chi connectivity index (χ1) is 9.79. The third-order valence-electron chi connectivity index (χ3n) is 3.07. The summed E-state index contributed by atoms with van der Waals surface area (Å²) in [6, 6.07) is 8.70. The highest BCUT2D eigenvalue weighted by Gasteiger charge is 2.20. The van der Waals surface area contributed by atoms with Gasteiger partial charge in [-0.05, 0) is 54.8 Å². The second kappa shape index (κ2) is 5.83. The molecule has 0 aliphatic heterocycles. The SMILES string of the molecule is Cc1cc(F)cc(C)c1S(=O)(=O)NCc1cccc(O)c1. The van der Waals surface area contributed by atoms with Gasteiger partial charge in [-0.25, -0.2) is 17.5 Å². The lowest BCUT2D eigenvalue weighted by atomic mass is 10.1. The Morgan fingerprint density at radius 3 is 2.33 bits per heavy atom. The second-order valence-corrected chi connectivity index (χ2v) is 6.57. The van der Waals surface area contributed by atoms with Crippen molar-refractivity contribution >= 4 is 10.0 Å². The molecule has 0 saturated carbocycles. The molecule has 4 nitrogen and oxygen atoms in total. The van der Waals surface area contributed by atoms with Crippen molar-refractivity contribution in [3.8, 4) is 5.75 Å². The summed E-state index contributed by atoms with van der Waals surface area (Å²) in [5, 5.41) is 9.36. The zero-order chi connectivity index (χ0) is 15.6. The van der Waals surface area contributed by atoms with Gasteiger partial charge in [-0.1, -0.05) is 12.1 Å². The van der Waals surface area contributed by atoms with E-state index in [0.717, 1.165) is 0 Å². The minimum Gasteiger partial charge on any atom is -0.508 e. The number of hydrogen-bond donors (Lipinski definition) is 2. The van der Waals surface area contributed by atoms with E-state index in [4.69, 9.17) is 0 Å². The van der Waals surface area contributed by atoms with Crippen LogP contribution >= 0.6 is 0 Å². The number of sulfonamides is 1. The number of nitrogens with one attached hydrogen (secondary N) is 1. The fourth-order valence-corrected chi connectivity index (χ4v) is 3.70. The van der Waals surface area contributed by atoms with Crippen LogP contribution in [0.3, 0.4) is 0 Å². The first kappa shape index (κ1) is 15.5. The van der Waals surface area contributed by atoms with Crippen LogP contribution < -0.4 is 4.72 Å². The minimum atomic E-state index is -3.75. The molecule has 0 aliphatic rings. The zero-order valence-corrected chi connectivity index (χ0v) is 12.5. The van der Waals surface area contributed by atoms with Gasteiger partial charge in [-0.15, -0.1) is 0 Å². The van der Waals surface area contributed by atoms with Crippen LogP contribution in [-0.4, -0.2) is 13.5 Å². The summed E-state index contributed by atoms with van der Waals surface area (Å²) in [5.74, 6) is -0.391. The molecule has 2 N–H and O–H groups in total. The molecule has 112 valence electrons. The predicted octanol–water partition coefficient (Wildman–Crippen LogP) is 2.63. The Hall–Kier alpha value is -1.92. The van der Waals surface area contributed by atoms with Crippen molar-refractivity contribution < 1.29 is 17.9 Å². The minimum absolute atomic E-state index is 0.0486. The van der Waals surface area contributed by atoms with Crippen LogP contribution in [0.25, 0.3) is 0 Å². The van der Waals surface area contributed by atoms with Gasteiger partial charge in [0.25, 0.3) is 0 Å². The van der Waals surface area contributed by atoms with E-state index in [-0.39, 0.29) is 17.2 Å². The molecule has 2 aromatic rings. The van der Waals surface area contributed by atoms with Crippen molar-refractivity contribution in [1.29, 1.82) is 0 Å². The zero-order valence-electron chi connectivity index (χ0n) is 11.7. The Kier molecular flexibility index (Phi) is 4.29. The number of aromatic hydroxyl groups is 1. The van der Waals surface area contributed by atoms with E-state index in [1.807, 2.05) is 0 Å². The Labute approximate surface area is 123 Å². The quantitative estimate of drug-likeness (QED) is 0.912. The standard InChI is InChI=1S/C15H16FNO3S/c1-10-6-13(16)7-11(2)15(10)21(19,20)17-9-12-4-3-5-14(18)8-12/h3-8,17-18H,9H2,1-2H3. The second-order valence-electron chi connectivity index (χ2n) is 4.86. The number of rotatable bonds is 4. The molecule has 0 saturated heterocycles. The summed E-state index contributed by atoms with van der Waals surface area (Å²) >= 11 is 0. The molecule has 0 atom stereocenters. The van der Waals surface area contributed by atoms with E-state index < -0.39 is 15.8 Å². The summed E-state index contributed by atoms with van der Waals surface area (Å²) in [5.41, 5.74) is 1.35. The van der Waals surface area contributed by atoms with Gasteiger partial charge in [0.1, 0.15) is 11.6 Å². The fraction of sp³-hybridized carbons (Fsp3) is 0.200. The number of hydrogen-bond acceptors (Lipinski definition) is 3. The van der Waals surface area contributed by atoms with Gasteiger partial charge in [-0.2, -0.15) is 0 Å². The third-order valence-corrected chi connectivity index (χ3v) is 4.78. The normalized spacial score (nSPS) is 11.6. The molecule has 0 bridgehead atoms. The highest BCUT2D eigenvalue weighted by Crippen LogP contribution is 2.21.